The van der Waals surface area contributed by atoms with Crippen molar-refractivity contribution < 1.29 is 8.42 Å². The lowest BCUT2D eigenvalue weighted by atomic mass is 10.2. The van der Waals surface area contributed by atoms with E-state index in [4.69, 9.17) is 5.73 Å². The van der Waals surface area contributed by atoms with Crippen LogP contribution in [0.3, 0.4) is 0 Å². The van der Waals surface area contributed by atoms with Crippen LogP contribution in [0.15, 0.2) is 23.1 Å². The van der Waals surface area contributed by atoms with Crippen molar-refractivity contribution in [3.05, 3.63) is 40.7 Å². The molecule has 0 spiro atoms. The number of rotatable bonds is 4. The molecule has 2 rings (SSSR count). The highest BCUT2D eigenvalue weighted by Gasteiger charge is 2.17. The molecule has 0 radical (unpaired) electrons. The third kappa shape index (κ3) is 3.08. The number of nitrogens with zero attached hydrogens (tertiary/aromatic N) is 2. The monoisotopic (exact) mass is 308 g/mol. The number of nitrogens with two attached hydrogens (primary N) is 1. The number of nitrogen functional groups attached to an aromatic ring is 1. The number of aryl methyl sites for hydroxylation is 3. The van der Waals surface area contributed by atoms with Crippen LogP contribution >= 0.6 is 0 Å². The molecule has 114 valence electrons. The van der Waals surface area contributed by atoms with Crippen LogP contribution in [0, 0.1) is 20.8 Å². The smallest absolute Gasteiger partial charge is 0.240 e. The lowest BCUT2D eigenvalue weighted by Crippen LogP contribution is -2.24. The normalized spacial score (nSPS) is 11.8. The highest BCUT2D eigenvalue weighted by molar-refractivity contribution is 7.89. The van der Waals surface area contributed by atoms with Crippen LogP contribution in [-0.2, 0) is 23.6 Å². The summed E-state index contributed by atoms with van der Waals surface area (Å²) in [5.74, 6) is 0. The molecule has 0 fully saturated rings. The minimum absolute atomic E-state index is 0.171. The van der Waals surface area contributed by atoms with Crippen LogP contribution in [0.2, 0.25) is 0 Å². The van der Waals surface area contributed by atoms with Gasteiger partial charge in [-0.05, 0) is 38.5 Å². The molecule has 0 aliphatic rings. The van der Waals surface area contributed by atoms with E-state index in [1.807, 2.05) is 27.8 Å². The average molecular weight is 308 g/mol. The summed E-state index contributed by atoms with van der Waals surface area (Å²) in [7, 11) is -1.75. The molecule has 1 heterocycles. The predicted octanol–water partition coefficient (Wildman–Crippen LogP) is 1.41. The maximum Gasteiger partial charge on any atom is 0.240 e. The van der Waals surface area contributed by atoms with Gasteiger partial charge in [0.25, 0.3) is 0 Å². The number of benzene rings is 1. The van der Waals surface area contributed by atoms with Gasteiger partial charge in [0.05, 0.1) is 10.6 Å². The van der Waals surface area contributed by atoms with E-state index in [1.165, 1.54) is 6.07 Å². The molecule has 21 heavy (non-hydrogen) atoms. The van der Waals surface area contributed by atoms with Crippen LogP contribution in [0.1, 0.15) is 22.5 Å². The highest BCUT2D eigenvalue weighted by Crippen LogP contribution is 2.18. The van der Waals surface area contributed by atoms with E-state index in [0.29, 0.717) is 5.69 Å². The van der Waals surface area contributed by atoms with Gasteiger partial charge in [-0.3, -0.25) is 4.68 Å². The molecule has 0 unspecified atom stereocenters. The summed E-state index contributed by atoms with van der Waals surface area (Å²) in [6.07, 6.45) is 0. The molecule has 0 aliphatic carbocycles. The molecular weight excluding hydrogens is 288 g/mol. The molecule has 0 aliphatic heterocycles. The maximum atomic E-state index is 12.3. The molecule has 6 nitrogen and oxygen atoms in total. The number of hydrogen-bond donors (Lipinski definition) is 2. The van der Waals surface area contributed by atoms with Crippen molar-refractivity contribution in [3.63, 3.8) is 0 Å². The lowest BCUT2D eigenvalue weighted by molar-refractivity contribution is 0.581. The molecule has 0 bridgehead atoms. The van der Waals surface area contributed by atoms with E-state index in [1.54, 1.807) is 16.8 Å². The number of aromatic nitrogens is 2. The fraction of sp³-hybridized carbons (Fsp3) is 0.357. The second kappa shape index (κ2) is 5.50. The Balaban J connectivity index is 2.23. The van der Waals surface area contributed by atoms with E-state index < -0.39 is 10.0 Å². The van der Waals surface area contributed by atoms with Crippen molar-refractivity contribution in [2.75, 3.05) is 5.73 Å². The fourth-order valence-electron chi connectivity index (χ4n) is 2.11. The first kappa shape index (κ1) is 15.5. The summed E-state index contributed by atoms with van der Waals surface area (Å²) in [4.78, 5) is 0.171. The summed E-state index contributed by atoms with van der Waals surface area (Å²) in [6, 6.07) is 4.72. The van der Waals surface area contributed by atoms with Crippen molar-refractivity contribution in [2.45, 2.75) is 32.2 Å². The Labute approximate surface area is 125 Å². The quantitative estimate of drug-likeness (QED) is 0.836. The highest BCUT2D eigenvalue weighted by atomic mass is 32.2. The average Bonchev–Trinajstić information content (AvgIpc) is 2.64. The Kier molecular flexibility index (Phi) is 4.06. The second-order valence-electron chi connectivity index (χ2n) is 5.12. The first-order chi connectivity index (χ1) is 9.72. The van der Waals surface area contributed by atoms with Crippen LogP contribution in [-0.4, -0.2) is 18.2 Å². The van der Waals surface area contributed by atoms with E-state index in [2.05, 4.69) is 9.82 Å². The zero-order valence-electron chi connectivity index (χ0n) is 12.6. The second-order valence-corrected chi connectivity index (χ2v) is 6.88. The molecule has 2 aromatic rings. The van der Waals surface area contributed by atoms with Gasteiger partial charge in [0, 0.05) is 30.5 Å². The van der Waals surface area contributed by atoms with Gasteiger partial charge in [-0.1, -0.05) is 6.07 Å². The minimum atomic E-state index is -3.59. The van der Waals surface area contributed by atoms with Gasteiger partial charge in [-0.2, -0.15) is 5.10 Å². The van der Waals surface area contributed by atoms with Gasteiger partial charge in [-0.25, -0.2) is 13.1 Å². The minimum Gasteiger partial charge on any atom is -0.398 e. The summed E-state index contributed by atoms with van der Waals surface area (Å²) < 4.78 is 28.9. The summed E-state index contributed by atoms with van der Waals surface area (Å²) in [6.45, 7) is 5.82. The van der Waals surface area contributed by atoms with Gasteiger partial charge in [-0.15, -0.1) is 0 Å². The number of anilines is 1. The van der Waals surface area contributed by atoms with Crippen molar-refractivity contribution >= 4 is 15.7 Å². The first-order valence-electron chi connectivity index (χ1n) is 6.57. The first-order valence-corrected chi connectivity index (χ1v) is 8.05. The summed E-state index contributed by atoms with van der Waals surface area (Å²) in [5.41, 5.74) is 9.74. The number of sulfonamides is 1. The largest absolute Gasteiger partial charge is 0.398 e. The molecule has 0 amide bonds. The van der Waals surface area contributed by atoms with Crippen molar-refractivity contribution in [1.82, 2.24) is 14.5 Å². The Bertz CT molecular complexity index is 779. The Hall–Kier alpha value is -1.86. The zero-order chi connectivity index (χ0) is 15.8. The van der Waals surface area contributed by atoms with E-state index in [9.17, 15) is 8.42 Å². The van der Waals surface area contributed by atoms with Crippen LogP contribution in [0.25, 0.3) is 0 Å². The molecule has 3 N–H and O–H groups in total. The molecule has 1 aromatic carbocycles. The van der Waals surface area contributed by atoms with Gasteiger partial charge in [0.15, 0.2) is 0 Å². The molecule has 7 heteroatoms. The number of nitrogens with one attached hydrogen (secondary N) is 1. The third-order valence-corrected chi connectivity index (χ3v) is 5.06. The van der Waals surface area contributed by atoms with E-state index in [0.717, 1.165) is 22.5 Å². The van der Waals surface area contributed by atoms with E-state index >= 15 is 0 Å². The SMILES string of the molecule is Cc1ccc(S(=O)(=O)NCc2c(C)nn(C)c2C)cc1N. The summed E-state index contributed by atoms with van der Waals surface area (Å²) in [5, 5.41) is 4.27. The zero-order valence-corrected chi connectivity index (χ0v) is 13.5. The number of hydrogen-bond acceptors (Lipinski definition) is 4. The van der Waals surface area contributed by atoms with Gasteiger partial charge >= 0.3 is 0 Å². The van der Waals surface area contributed by atoms with Crippen LogP contribution in [0.5, 0.6) is 0 Å². The molecular formula is C14H20N4O2S. The standard InChI is InChI=1S/C14H20N4O2S/c1-9-5-6-12(7-14(9)15)21(19,20)16-8-13-10(2)17-18(4)11(13)3/h5-7,16H,8,15H2,1-4H3. The third-order valence-electron chi connectivity index (χ3n) is 3.66. The van der Waals surface area contributed by atoms with Crippen molar-refractivity contribution in [2.24, 2.45) is 7.05 Å². The molecule has 0 atom stereocenters. The lowest BCUT2D eigenvalue weighted by Gasteiger charge is -2.09. The fourth-order valence-corrected chi connectivity index (χ4v) is 3.14. The van der Waals surface area contributed by atoms with Crippen molar-refractivity contribution in [1.29, 1.82) is 0 Å². The Morgan fingerprint density at radius 3 is 2.48 bits per heavy atom. The maximum absolute atomic E-state index is 12.3. The molecule has 1 aromatic heterocycles. The Morgan fingerprint density at radius 1 is 1.29 bits per heavy atom. The van der Waals surface area contributed by atoms with Crippen LogP contribution in [0.4, 0.5) is 5.69 Å². The topological polar surface area (TPSA) is 90.0 Å². The van der Waals surface area contributed by atoms with Gasteiger partial charge in [0.2, 0.25) is 10.0 Å². The predicted molar refractivity (Wildman–Crippen MR) is 82.3 cm³/mol. The van der Waals surface area contributed by atoms with Gasteiger partial charge in [0.1, 0.15) is 0 Å². The summed E-state index contributed by atoms with van der Waals surface area (Å²) >= 11 is 0. The van der Waals surface area contributed by atoms with Crippen LogP contribution < -0.4 is 10.5 Å². The van der Waals surface area contributed by atoms with Crippen molar-refractivity contribution in [3.8, 4) is 0 Å². The van der Waals surface area contributed by atoms with E-state index in [-0.39, 0.29) is 11.4 Å². The Morgan fingerprint density at radius 2 is 1.95 bits per heavy atom. The molecule has 0 saturated carbocycles. The molecule has 0 saturated heterocycles. The van der Waals surface area contributed by atoms with Gasteiger partial charge < -0.3 is 5.73 Å².